The van der Waals surface area contributed by atoms with Gasteiger partial charge in [0.2, 0.25) is 0 Å². The molecule has 110 valence electrons. The van der Waals surface area contributed by atoms with E-state index in [1.165, 1.54) is 0 Å². The molecule has 2 atom stereocenters. The lowest BCUT2D eigenvalue weighted by atomic mass is 10.1. The van der Waals surface area contributed by atoms with Crippen molar-refractivity contribution < 1.29 is 19.4 Å². The monoisotopic (exact) mass is 280 g/mol. The molecule has 6 nitrogen and oxygen atoms in total. The molecule has 0 radical (unpaired) electrons. The van der Waals surface area contributed by atoms with E-state index in [9.17, 15) is 4.79 Å². The average molecular weight is 280 g/mol. The number of urea groups is 1. The third-order valence-corrected chi connectivity index (χ3v) is 3.07. The molecule has 20 heavy (non-hydrogen) atoms. The van der Waals surface area contributed by atoms with Crippen LogP contribution in [0, 0.1) is 0 Å². The highest BCUT2D eigenvalue weighted by molar-refractivity contribution is 5.74. The number of hydrogen-bond donors (Lipinski definition) is 3. The van der Waals surface area contributed by atoms with Gasteiger partial charge in [0.1, 0.15) is 13.2 Å². The Bertz CT molecular complexity index is 478. The van der Waals surface area contributed by atoms with Gasteiger partial charge in [-0.15, -0.1) is 0 Å². The molecule has 2 amide bonds. The number of amides is 2. The Hall–Kier alpha value is -1.95. The second-order valence-electron chi connectivity index (χ2n) is 4.83. The van der Waals surface area contributed by atoms with E-state index in [1.54, 1.807) is 6.92 Å². The largest absolute Gasteiger partial charge is 0.486 e. The van der Waals surface area contributed by atoms with E-state index in [1.807, 2.05) is 25.1 Å². The van der Waals surface area contributed by atoms with Gasteiger partial charge in [0.05, 0.1) is 18.7 Å². The molecule has 1 aromatic rings. The maximum atomic E-state index is 11.7. The highest BCUT2D eigenvalue weighted by Gasteiger charge is 2.16. The predicted octanol–water partition coefficient (Wildman–Crippen LogP) is 1.20. The molecule has 1 heterocycles. The van der Waals surface area contributed by atoms with Crippen LogP contribution in [0.4, 0.5) is 4.79 Å². The van der Waals surface area contributed by atoms with Gasteiger partial charge in [0, 0.05) is 0 Å². The van der Waals surface area contributed by atoms with Crippen molar-refractivity contribution >= 4 is 6.03 Å². The first-order valence-corrected chi connectivity index (χ1v) is 6.67. The van der Waals surface area contributed by atoms with Crippen molar-refractivity contribution in [2.45, 2.75) is 25.9 Å². The summed E-state index contributed by atoms with van der Waals surface area (Å²) in [6.07, 6.45) is 0. The molecule has 0 bridgehead atoms. The molecule has 2 rings (SSSR count). The molecule has 0 fully saturated rings. The molecular weight excluding hydrogens is 260 g/mol. The van der Waals surface area contributed by atoms with Crippen LogP contribution in [0.25, 0.3) is 0 Å². The fourth-order valence-corrected chi connectivity index (χ4v) is 1.92. The smallest absolute Gasteiger partial charge is 0.315 e. The minimum atomic E-state index is -0.311. The zero-order valence-corrected chi connectivity index (χ0v) is 11.7. The highest BCUT2D eigenvalue weighted by atomic mass is 16.6. The molecule has 0 spiro atoms. The standard InChI is InChI=1S/C14H20N2O4/c1-9(8-17)15-14(18)16-10(2)11-3-4-12-13(7-11)20-6-5-19-12/h3-4,7,9-10,17H,5-6,8H2,1-2H3,(H2,15,16,18)/t9-,10+/m1/s1. The normalized spacial score (nSPS) is 16.1. The average Bonchev–Trinajstić information content (AvgIpc) is 2.46. The van der Waals surface area contributed by atoms with Crippen LogP contribution in [0.5, 0.6) is 11.5 Å². The number of carbonyl (C=O) groups excluding carboxylic acids is 1. The second-order valence-corrected chi connectivity index (χ2v) is 4.83. The quantitative estimate of drug-likeness (QED) is 0.774. The summed E-state index contributed by atoms with van der Waals surface area (Å²) in [5, 5.41) is 14.3. The number of ether oxygens (including phenoxy) is 2. The minimum Gasteiger partial charge on any atom is -0.486 e. The minimum absolute atomic E-state index is 0.0914. The van der Waals surface area contributed by atoms with Crippen LogP contribution in [0.3, 0.4) is 0 Å². The molecule has 0 saturated heterocycles. The van der Waals surface area contributed by atoms with Crippen LogP contribution >= 0.6 is 0 Å². The van der Waals surface area contributed by atoms with Crippen LogP contribution in [-0.2, 0) is 0 Å². The van der Waals surface area contributed by atoms with Gasteiger partial charge >= 0.3 is 6.03 Å². The number of rotatable bonds is 4. The van der Waals surface area contributed by atoms with E-state index >= 15 is 0 Å². The number of nitrogens with one attached hydrogen (secondary N) is 2. The Kier molecular flexibility index (Phi) is 4.68. The third-order valence-electron chi connectivity index (χ3n) is 3.07. The molecular formula is C14H20N2O4. The number of fused-ring (bicyclic) bond motifs is 1. The first kappa shape index (κ1) is 14.5. The predicted molar refractivity (Wildman–Crippen MR) is 74.1 cm³/mol. The van der Waals surface area contributed by atoms with Gasteiger partial charge in [0.15, 0.2) is 11.5 Å². The Labute approximate surface area is 118 Å². The first-order chi connectivity index (χ1) is 9.60. The lowest BCUT2D eigenvalue weighted by Crippen LogP contribution is -2.43. The maximum absolute atomic E-state index is 11.7. The summed E-state index contributed by atoms with van der Waals surface area (Å²) < 4.78 is 11.0. The Morgan fingerprint density at radius 1 is 1.25 bits per heavy atom. The first-order valence-electron chi connectivity index (χ1n) is 6.67. The molecule has 0 saturated carbocycles. The van der Waals surface area contributed by atoms with Gasteiger partial charge in [-0.3, -0.25) is 0 Å². The van der Waals surface area contributed by atoms with Gasteiger partial charge in [-0.2, -0.15) is 0 Å². The summed E-state index contributed by atoms with van der Waals surface area (Å²) in [4.78, 5) is 11.7. The van der Waals surface area contributed by atoms with Crippen molar-refractivity contribution in [2.75, 3.05) is 19.8 Å². The zero-order chi connectivity index (χ0) is 14.5. The van der Waals surface area contributed by atoms with Crippen molar-refractivity contribution in [3.63, 3.8) is 0 Å². The third kappa shape index (κ3) is 3.54. The number of benzene rings is 1. The summed E-state index contributed by atoms with van der Waals surface area (Å²) in [7, 11) is 0. The van der Waals surface area contributed by atoms with Crippen molar-refractivity contribution in [2.24, 2.45) is 0 Å². The zero-order valence-electron chi connectivity index (χ0n) is 11.7. The number of aliphatic hydroxyl groups is 1. The molecule has 0 aliphatic carbocycles. The lowest BCUT2D eigenvalue weighted by Gasteiger charge is -2.21. The lowest BCUT2D eigenvalue weighted by molar-refractivity contribution is 0.171. The number of aliphatic hydroxyl groups excluding tert-OH is 1. The SMILES string of the molecule is C[C@H](CO)NC(=O)N[C@@H](C)c1ccc2c(c1)OCCO2. The summed E-state index contributed by atoms with van der Waals surface area (Å²) in [5.74, 6) is 1.43. The van der Waals surface area contributed by atoms with Gasteiger partial charge < -0.3 is 25.2 Å². The van der Waals surface area contributed by atoms with Crippen LogP contribution in [-0.4, -0.2) is 37.0 Å². The Morgan fingerprint density at radius 3 is 2.65 bits per heavy atom. The van der Waals surface area contributed by atoms with Crippen LogP contribution < -0.4 is 20.1 Å². The van der Waals surface area contributed by atoms with Gasteiger partial charge in [0.25, 0.3) is 0 Å². The Morgan fingerprint density at radius 2 is 1.95 bits per heavy atom. The number of carbonyl (C=O) groups is 1. The molecule has 3 N–H and O–H groups in total. The molecule has 0 aromatic heterocycles. The fraction of sp³-hybridized carbons (Fsp3) is 0.500. The fourth-order valence-electron chi connectivity index (χ4n) is 1.92. The van der Waals surface area contributed by atoms with Crippen molar-refractivity contribution in [3.8, 4) is 11.5 Å². The van der Waals surface area contributed by atoms with E-state index in [0.717, 1.165) is 11.3 Å². The molecule has 1 aromatic carbocycles. The van der Waals surface area contributed by atoms with E-state index in [-0.39, 0.29) is 24.7 Å². The Balaban J connectivity index is 1.98. The van der Waals surface area contributed by atoms with Crippen molar-refractivity contribution in [3.05, 3.63) is 23.8 Å². The van der Waals surface area contributed by atoms with Gasteiger partial charge in [-0.05, 0) is 31.5 Å². The van der Waals surface area contributed by atoms with E-state index in [2.05, 4.69) is 10.6 Å². The van der Waals surface area contributed by atoms with E-state index in [0.29, 0.717) is 19.0 Å². The molecule has 0 unspecified atom stereocenters. The highest BCUT2D eigenvalue weighted by Crippen LogP contribution is 2.32. The van der Waals surface area contributed by atoms with E-state index < -0.39 is 0 Å². The summed E-state index contributed by atoms with van der Waals surface area (Å²) >= 11 is 0. The van der Waals surface area contributed by atoms with E-state index in [4.69, 9.17) is 14.6 Å². The summed E-state index contributed by atoms with van der Waals surface area (Å²) in [5.41, 5.74) is 0.932. The topological polar surface area (TPSA) is 79.8 Å². The van der Waals surface area contributed by atoms with Gasteiger partial charge in [-0.1, -0.05) is 6.07 Å². The molecule has 1 aliphatic rings. The van der Waals surface area contributed by atoms with Gasteiger partial charge in [-0.25, -0.2) is 4.79 Å². The maximum Gasteiger partial charge on any atom is 0.315 e. The van der Waals surface area contributed by atoms with Crippen LogP contribution in [0.2, 0.25) is 0 Å². The van der Waals surface area contributed by atoms with Crippen molar-refractivity contribution in [1.82, 2.24) is 10.6 Å². The number of hydrogen-bond acceptors (Lipinski definition) is 4. The summed E-state index contributed by atoms with van der Waals surface area (Å²) in [6.45, 7) is 4.61. The summed E-state index contributed by atoms with van der Waals surface area (Å²) in [6, 6.07) is 4.85. The van der Waals surface area contributed by atoms with Crippen molar-refractivity contribution in [1.29, 1.82) is 0 Å². The molecule has 6 heteroatoms. The van der Waals surface area contributed by atoms with Crippen LogP contribution in [0.15, 0.2) is 18.2 Å². The van der Waals surface area contributed by atoms with Crippen LogP contribution in [0.1, 0.15) is 25.5 Å². The second kappa shape index (κ2) is 6.47. The molecule has 1 aliphatic heterocycles.